The van der Waals surface area contributed by atoms with Gasteiger partial charge in [-0.3, -0.25) is 0 Å². The van der Waals surface area contributed by atoms with Crippen molar-refractivity contribution in [2.45, 2.75) is 6.92 Å². The highest BCUT2D eigenvalue weighted by atomic mass is 35.5. The molecule has 1 N–H and O–H groups in total. The number of aryl methyl sites for hydroxylation is 1. The predicted molar refractivity (Wildman–Crippen MR) is 61.0 cm³/mol. The molecule has 1 aromatic rings. The van der Waals surface area contributed by atoms with Gasteiger partial charge in [-0.2, -0.15) is 0 Å². The van der Waals surface area contributed by atoms with Crippen LogP contribution in [0, 0.1) is 6.92 Å². The van der Waals surface area contributed by atoms with Crippen LogP contribution in [0.3, 0.4) is 0 Å². The molecule has 4 heteroatoms. The molecule has 0 heterocycles. The monoisotopic (exact) mass is 225 g/mol. The van der Waals surface area contributed by atoms with E-state index in [0.29, 0.717) is 5.02 Å². The molecule has 0 bridgehead atoms. The zero-order valence-electron chi connectivity index (χ0n) is 8.58. The minimum Gasteiger partial charge on any atom is -0.466 e. The number of esters is 1. The van der Waals surface area contributed by atoms with Crippen LogP contribution in [0.1, 0.15) is 5.56 Å². The van der Waals surface area contributed by atoms with Gasteiger partial charge >= 0.3 is 5.97 Å². The van der Waals surface area contributed by atoms with Crippen LogP contribution in [0.15, 0.2) is 30.5 Å². The molecular weight excluding hydrogens is 214 g/mol. The van der Waals surface area contributed by atoms with Gasteiger partial charge in [0.05, 0.1) is 17.8 Å². The van der Waals surface area contributed by atoms with Crippen molar-refractivity contribution in [2.75, 3.05) is 12.4 Å². The van der Waals surface area contributed by atoms with Crippen LogP contribution in [-0.4, -0.2) is 13.1 Å². The van der Waals surface area contributed by atoms with Crippen molar-refractivity contribution in [2.24, 2.45) is 0 Å². The van der Waals surface area contributed by atoms with Crippen molar-refractivity contribution in [3.63, 3.8) is 0 Å². The second kappa shape index (κ2) is 5.41. The van der Waals surface area contributed by atoms with E-state index in [4.69, 9.17) is 11.6 Å². The molecule has 0 atom stereocenters. The van der Waals surface area contributed by atoms with Crippen molar-refractivity contribution in [1.29, 1.82) is 0 Å². The topological polar surface area (TPSA) is 38.3 Å². The molecule has 0 radical (unpaired) electrons. The lowest BCUT2D eigenvalue weighted by Gasteiger charge is -2.05. The Morgan fingerprint density at radius 3 is 2.93 bits per heavy atom. The Balaban J connectivity index is 2.70. The van der Waals surface area contributed by atoms with E-state index in [0.717, 1.165) is 11.3 Å². The van der Waals surface area contributed by atoms with Gasteiger partial charge in [0.1, 0.15) is 0 Å². The standard InChI is InChI=1S/C11H12ClNO2/c1-8-4-3-5-9(11(8)12)13-7-6-10(14)15-2/h3-7,13H,1-2H3/b7-6+. The van der Waals surface area contributed by atoms with Crippen molar-refractivity contribution < 1.29 is 9.53 Å². The van der Waals surface area contributed by atoms with Gasteiger partial charge in [0.15, 0.2) is 0 Å². The molecule has 0 saturated carbocycles. The summed E-state index contributed by atoms with van der Waals surface area (Å²) in [6.45, 7) is 1.91. The van der Waals surface area contributed by atoms with Crippen LogP contribution in [0.2, 0.25) is 5.02 Å². The Morgan fingerprint density at radius 2 is 2.27 bits per heavy atom. The maximum atomic E-state index is 10.8. The summed E-state index contributed by atoms with van der Waals surface area (Å²) in [4.78, 5) is 10.8. The Kier molecular flexibility index (Phi) is 4.18. The molecule has 15 heavy (non-hydrogen) atoms. The third-order valence-corrected chi connectivity index (χ3v) is 2.35. The number of methoxy groups -OCH3 is 1. The highest BCUT2D eigenvalue weighted by molar-refractivity contribution is 6.34. The fourth-order valence-corrected chi connectivity index (χ4v) is 1.21. The number of hydrogen-bond donors (Lipinski definition) is 1. The molecule has 0 aliphatic rings. The minimum atomic E-state index is -0.411. The minimum absolute atomic E-state index is 0.411. The molecule has 80 valence electrons. The largest absolute Gasteiger partial charge is 0.466 e. The van der Waals surface area contributed by atoms with E-state index in [1.165, 1.54) is 19.4 Å². The molecular formula is C11H12ClNO2. The molecule has 0 amide bonds. The number of carbonyl (C=O) groups excluding carboxylic acids is 1. The molecule has 0 aromatic heterocycles. The van der Waals surface area contributed by atoms with E-state index >= 15 is 0 Å². The average molecular weight is 226 g/mol. The van der Waals surface area contributed by atoms with Crippen molar-refractivity contribution >= 4 is 23.3 Å². The van der Waals surface area contributed by atoms with Crippen LogP contribution in [0.4, 0.5) is 5.69 Å². The summed E-state index contributed by atoms with van der Waals surface area (Å²) in [5, 5.41) is 3.55. The van der Waals surface area contributed by atoms with Crippen LogP contribution in [0.25, 0.3) is 0 Å². The van der Waals surface area contributed by atoms with Gasteiger partial charge in [-0.05, 0) is 18.6 Å². The quantitative estimate of drug-likeness (QED) is 0.635. The van der Waals surface area contributed by atoms with Gasteiger partial charge in [0, 0.05) is 12.3 Å². The third kappa shape index (κ3) is 3.29. The second-order valence-corrected chi connectivity index (χ2v) is 3.32. The van der Waals surface area contributed by atoms with Crippen LogP contribution >= 0.6 is 11.6 Å². The van der Waals surface area contributed by atoms with Crippen molar-refractivity contribution in [1.82, 2.24) is 0 Å². The Hall–Kier alpha value is -1.48. The fraction of sp³-hybridized carbons (Fsp3) is 0.182. The summed E-state index contributed by atoms with van der Waals surface area (Å²) in [6, 6.07) is 5.63. The number of rotatable bonds is 3. The average Bonchev–Trinajstić information content (AvgIpc) is 2.24. The highest BCUT2D eigenvalue weighted by Gasteiger charge is 2.00. The molecule has 0 aliphatic carbocycles. The zero-order chi connectivity index (χ0) is 11.3. The van der Waals surface area contributed by atoms with Gasteiger partial charge in [-0.1, -0.05) is 23.7 Å². The lowest BCUT2D eigenvalue weighted by molar-refractivity contribution is -0.134. The first-order valence-electron chi connectivity index (χ1n) is 4.41. The molecule has 0 spiro atoms. The van der Waals surface area contributed by atoms with Gasteiger partial charge in [0.2, 0.25) is 0 Å². The maximum absolute atomic E-state index is 10.8. The van der Waals surface area contributed by atoms with Gasteiger partial charge in [-0.25, -0.2) is 4.79 Å². The number of nitrogens with one attached hydrogen (secondary N) is 1. The number of ether oxygens (including phenoxy) is 1. The third-order valence-electron chi connectivity index (χ3n) is 1.85. The lowest BCUT2D eigenvalue weighted by atomic mass is 10.2. The van der Waals surface area contributed by atoms with Crippen LogP contribution in [-0.2, 0) is 9.53 Å². The van der Waals surface area contributed by atoms with Crippen molar-refractivity contribution in [3.8, 4) is 0 Å². The van der Waals surface area contributed by atoms with Crippen LogP contribution < -0.4 is 5.32 Å². The van der Waals surface area contributed by atoms with E-state index in [9.17, 15) is 4.79 Å². The first-order chi connectivity index (χ1) is 7.15. The number of anilines is 1. The molecule has 0 aliphatic heterocycles. The number of benzene rings is 1. The lowest BCUT2D eigenvalue weighted by Crippen LogP contribution is -1.97. The Morgan fingerprint density at radius 1 is 1.53 bits per heavy atom. The first-order valence-corrected chi connectivity index (χ1v) is 4.79. The summed E-state index contributed by atoms with van der Waals surface area (Å²) >= 11 is 6.03. The van der Waals surface area contributed by atoms with E-state index in [2.05, 4.69) is 10.1 Å². The van der Waals surface area contributed by atoms with E-state index in [-0.39, 0.29) is 0 Å². The highest BCUT2D eigenvalue weighted by Crippen LogP contribution is 2.24. The zero-order valence-corrected chi connectivity index (χ0v) is 9.34. The summed E-state index contributed by atoms with van der Waals surface area (Å²) in [7, 11) is 1.33. The summed E-state index contributed by atoms with van der Waals surface area (Å²) < 4.78 is 4.44. The van der Waals surface area contributed by atoms with Crippen LogP contribution in [0.5, 0.6) is 0 Å². The van der Waals surface area contributed by atoms with E-state index in [1.807, 2.05) is 25.1 Å². The second-order valence-electron chi connectivity index (χ2n) is 2.94. The van der Waals surface area contributed by atoms with E-state index < -0.39 is 5.97 Å². The summed E-state index contributed by atoms with van der Waals surface area (Å²) in [5.74, 6) is -0.411. The molecule has 1 rings (SSSR count). The number of carbonyl (C=O) groups is 1. The summed E-state index contributed by atoms with van der Waals surface area (Å²) in [6.07, 6.45) is 2.78. The molecule has 0 saturated heterocycles. The number of halogens is 1. The van der Waals surface area contributed by atoms with Crippen molar-refractivity contribution in [3.05, 3.63) is 41.1 Å². The summed E-state index contributed by atoms with van der Waals surface area (Å²) in [5.41, 5.74) is 1.74. The molecule has 1 aromatic carbocycles. The van der Waals surface area contributed by atoms with Gasteiger partial charge < -0.3 is 10.1 Å². The normalized spacial score (nSPS) is 10.3. The van der Waals surface area contributed by atoms with E-state index in [1.54, 1.807) is 0 Å². The first kappa shape index (κ1) is 11.6. The molecule has 3 nitrogen and oxygen atoms in total. The Labute approximate surface area is 93.7 Å². The SMILES string of the molecule is COC(=O)/C=C/Nc1cccc(C)c1Cl. The molecule has 0 unspecified atom stereocenters. The number of hydrogen-bond acceptors (Lipinski definition) is 3. The predicted octanol–water partition coefficient (Wildman–Crippen LogP) is 2.75. The fourth-order valence-electron chi connectivity index (χ4n) is 1.03. The molecule has 0 fully saturated rings. The smallest absolute Gasteiger partial charge is 0.331 e. The Bertz CT molecular complexity index is 388. The van der Waals surface area contributed by atoms with Gasteiger partial charge in [0.25, 0.3) is 0 Å². The van der Waals surface area contributed by atoms with Gasteiger partial charge in [-0.15, -0.1) is 0 Å². The maximum Gasteiger partial charge on any atom is 0.331 e.